The molecule has 0 aromatic rings. The fourth-order valence-electron chi connectivity index (χ4n) is 2.26. The molecule has 3 heteroatoms. The number of nitrogens with zero attached hydrogens (tertiary/aromatic N) is 2. The van der Waals surface area contributed by atoms with E-state index in [1.54, 1.807) is 7.11 Å². The van der Waals surface area contributed by atoms with E-state index in [0.29, 0.717) is 6.04 Å². The van der Waals surface area contributed by atoms with Gasteiger partial charge in [-0.2, -0.15) is 0 Å². The highest BCUT2D eigenvalue weighted by atomic mass is 16.5. The molecular formula is C12H26N2O. The molecule has 0 bridgehead atoms. The van der Waals surface area contributed by atoms with E-state index >= 15 is 0 Å². The molecule has 1 aliphatic heterocycles. The number of methoxy groups -OCH3 is 1. The van der Waals surface area contributed by atoms with Crippen molar-refractivity contribution in [3.63, 3.8) is 0 Å². The molecule has 0 radical (unpaired) electrons. The highest BCUT2D eigenvalue weighted by Gasteiger charge is 2.24. The molecule has 0 unspecified atom stereocenters. The predicted octanol–water partition coefficient (Wildman–Crippen LogP) is 1.29. The summed E-state index contributed by atoms with van der Waals surface area (Å²) in [7, 11) is 3.96. The maximum absolute atomic E-state index is 5.08. The van der Waals surface area contributed by atoms with Crippen LogP contribution in [-0.2, 0) is 4.74 Å². The van der Waals surface area contributed by atoms with Gasteiger partial charge in [0.2, 0.25) is 0 Å². The van der Waals surface area contributed by atoms with Gasteiger partial charge in [-0.05, 0) is 39.8 Å². The average Bonchev–Trinajstić information content (AvgIpc) is 2.63. The molecule has 1 saturated heterocycles. The van der Waals surface area contributed by atoms with E-state index in [9.17, 15) is 0 Å². The van der Waals surface area contributed by atoms with Gasteiger partial charge >= 0.3 is 0 Å². The molecule has 15 heavy (non-hydrogen) atoms. The van der Waals surface area contributed by atoms with Gasteiger partial charge in [0, 0.05) is 32.8 Å². The molecule has 1 atom stereocenters. The fourth-order valence-corrected chi connectivity index (χ4v) is 2.26. The first-order valence-corrected chi connectivity index (χ1v) is 6.05. The number of hydrogen-bond acceptors (Lipinski definition) is 3. The molecule has 1 rings (SSSR count). The highest BCUT2D eigenvalue weighted by Crippen LogP contribution is 2.18. The van der Waals surface area contributed by atoms with Gasteiger partial charge in [-0.3, -0.25) is 0 Å². The van der Waals surface area contributed by atoms with E-state index in [1.165, 1.54) is 26.1 Å². The Balaban J connectivity index is 2.17. The number of likely N-dealkylation sites (tertiary alicyclic amines) is 1. The molecule has 1 heterocycles. The van der Waals surface area contributed by atoms with Crippen LogP contribution in [0.4, 0.5) is 0 Å². The number of rotatable bonds is 6. The predicted molar refractivity (Wildman–Crippen MR) is 64.2 cm³/mol. The Morgan fingerprint density at radius 1 is 1.47 bits per heavy atom. The summed E-state index contributed by atoms with van der Waals surface area (Å²) in [5.74, 6) is 0.856. The van der Waals surface area contributed by atoms with Gasteiger partial charge in [0.1, 0.15) is 0 Å². The molecule has 1 fully saturated rings. The molecule has 0 saturated carbocycles. The summed E-state index contributed by atoms with van der Waals surface area (Å²) in [5.41, 5.74) is 0. The zero-order chi connectivity index (χ0) is 11.3. The molecule has 1 aliphatic rings. The van der Waals surface area contributed by atoms with Crippen molar-refractivity contribution in [3.8, 4) is 0 Å². The van der Waals surface area contributed by atoms with E-state index in [2.05, 4.69) is 30.7 Å². The Hall–Kier alpha value is -0.120. The first kappa shape index (κ1) is 12.9. The zero-order valence-corrected chi connectivity index (χ0v) is 10.7. The van der Waals surface area contributed by atoms with Crippen molar-refractivity contribution in [2.45, 2.75) is 26.3 Å². The SMILES string of the molecule is COCCN(C)C[C@H]1CCN(C(C)C)C1. The minimum Gasteiger partial charge on any atom is -0.383 e. The quantitative estimate of drug-likeness (QED) is 0.663. The van der Waals surface area contributed by atoms with E-state index in [1.807, 2.05) is 0 Å². The van der Waals surface area contributed by atoms with Gasteiger partial charge in [0.15, 0.2) is 0 Å². The van der Waals surface area contributed by atoms with Crippen LogP contribution in [0.25, 0.3) is 0 Å². The summed E-state index contributed by atoms with van der Waals surface area (Å²) in [4.78, 5) is 4.97. The van der Waals surface area contributed by atoms with Crippen molar-refractivity contribution >= 4 is 0 Å². The fraction of sp³-hybridized carbons (Fsp3) is 1.00. The van der Waals surface area contributed by atoms with Gasteiger partial charge in [0.25, 0.3) is 0 Å². The third-order valence-corrected chi connectivity index (χ3v) is 3.29. The number of likely N-dealkylation sites (N-methyl/N-ethyl adjacent to an activating group) is 1. The Morgan fingerprint density at radius 3 is 2.73 bits per heavy atom. The van der Waals surface area contributed by atoms with Crippen molar-refractivity contribution in [3.05, 3.63) is 0 Å². The lowest BCUT2D eigenvalue weighted by atomic mass is 10.1. The third-order valence-electron chi connectivity index (χ3n) is 3.29. The minimum absolute atomic E-state index is 0.708. The van der Waals surface area contributed by atoms with Gasteiger partial charge < -0.3 is 14.5 Å². The lowest BCUT2D eigenvalue weighted by molar-refractivity contribution is 0.151. The summed E-state index contributed by atoms with van der Waals surface area (Å²) in [5, 5.41) is 0. The molecule has 0 amide bonds. The number of hydrogen-bond donors (Lipinski definition) is 0. The van der Waals surface area contributed by atoms with Crippen LogP contribution in [0.1, 0.15) is 20.3 Å². The second-order valence-electron chi connectivity index (χ2n) is 5.00. The van der Waals surface area contributed by atoms with Gasteiger partial charge in [-0.1, -0.05) is 0 Å². The van der Waals surface area contributed by atoms with Crippen molar-refractivity contribution in [1.29, 1.82) is 0 Å². The second-order valence-corrected chi connectivity index (χ2v) is 5.00. The van der Waals surface area contributed by atoms with Crippen LogP contribution >= 0.6 is 0 Å². The van der Waals surface area contributed by atoms with Crippen LogP contribution in [0.15, 0.2) is 0 Å². The molecule has 3 nitrogen and oxygen atoms in total. The first-order valence-electron chi connectivity index (χ1n) is 6.05. The molecule has 0 aromatic heterocycles. The second kappa shape index (κ2) is 6.46. The topological polar surface area (TPSA) is 15.7 Å². The summed E-state index contributed by atoms with van der Waals surface area (Å²) < 4.78 is 5.08. The van der Waals surface area contributed by atoms with Gasteiger partial charge in [-0.25, -0.2) is 0 Å². The highest BCUT2D eigenvalue weighted by molar-refractivity contribution is 4.79. The van der Waals surface area contributed by atoms with Gasteiger partial charge in [-0.15, -0.1) is 0 Å². The molecular weight excluding hydrogens is 188 g/mol. The van der Waals surface area contributed by atoms with Crippen LogP contribution < -0.4 is 0 Å². The molecule has 0 N–H and O–H groups in total. The summed E-state index contributed by atoms with van der Waals surface area (Å²) in [6.45, 7) is 10.2. The number of ether oxygens (including phenoxy) is 1. The van der Waals surface area contributed by atoms with E-state index in [0.717, 1.165) is 19.1 Å². The Labute approximate surface area is 94.4 Å². The maximum Gasteiger partial charge on any atom is 0.0589 e. The lowest BCUT2D eigenvalue weighted by Gasteiger charge is -2.23. The largest absolute Gasteiger partial charge is 0.383 e. The van der Waals surface area contributed by atoms with E-state index in [-0.39, 0.29) is 0 Å². The zero-order valence-electron chi connectivity index (χ0n) is 10.7. The van der Waals surface area contributed by atoms with Crippen LogP contribution in [-0.4, -0.2) is 62.8 Å². The van der Waals surface area contributed by atoms with Crippen LogP contribution in [0, 0.1) is 5.92 Å². The molecule has 0 aliphatic carbocycles. The van der Waals surface area contributed by atoms with Crippen molar-refractivity contribution in [1.82, 2.24) is 9.80 Å². The minimum atomic E-state index is 0.708. The summed E-state index contributed by atoms with van der Waals surface area (Å²) in [6.07, 6.45) is 1.36. The molecule has 0 spiro atoms. The first-order chi connectivity index (χ1) is 7.13. The molecule has 0 aromatic carbocycles. The van der Waals surface area contributed by atoms with Crippen LogP contribution in [0.2, 0.25) is 0 Å². The van der Waals surface area contributed by atoms with E-state index in [4.69, 9.17) is 4.74 Å². The van der Waals surface area contributed by atoms with Crippen molar-refractivity contribution < 1.29 is 4.74 Å². The summed E-state index contributed by atoms with van der Waals surface area (Å²) >= 11 is 0. The standard InChI is InChI=1S/C12H26N2O/c1-11(2)14-6-5-12(10-14)9-13(3)7-8-15-4/h11-12H,5-10H2,1-4H3/t12-/m1/s1. The normalized spacial score (nSPS) is 23.2. The van der Waals surface area contributed by atoms with Gasteiger partial charge in [0.05, 0.1) is 6.61 Å². The maximum atomic E-state index is 5.08. The molecule has 90 valence electrons. The Bertz CT molecular complexity index is 173. The third kappa shape index (κ3) is 4.49. The van der Waals surface area contributed by atoms with Crippen LogP contribution in [0.3, 0.4) is 0 Å². The summed E-state index contributed by atoms with van der Waals surface area (Å²) in [6, 6.07) is 0.708. The average molecular weight is 214 g/mol. The van der Waals surface area contributed by atoms with Crippen molar-refractivity contribution in [2.75, 3.05) is 46.9 Å². The monoisotopic (exact) mass is 214 g/mol. The Morgan fingerprint density at radius 2 is 2.20 bits per heavy atom. The van der Waals surface area contributed by atoms with Crippen molar-refractivity contribution in [2.24, 2.45) is 5.92 Å². The Kier molecular flexibility index (Phi) is 5.58. The lowest BCUT2D eigenvalue weighted by Crippen LogP contribution is -2.32. The smallest absolute Gasteiger partial charge is 0.0589 e. The van der Waals surface area contributed by atoms with E-state index < -0.39 is 0 Å². The van der Waals surface area contributed by atoms with Crippen LogP contribution in [0.5, 0.6) is 0 Å².